The minimum Gasteiger partial charge on any atom is -0.458 e. The van der Waals surface area contributed by atoms with Gasteiger partial charge >= 0.3 is 0 Å². The number of halogens is 1. The van der Waals surface area contributed by atoms with E-state index in [0.29, 0.717) is 23.7 Å². The summed E-state index contributed by atoms with van der Waals surface area (Å²) in [4.78, 5) is 0. The Balaban J connectivity index is 2.18. The van der Waals surface area contributed by atoms with Gasteiger partial charge in [-0.15, -0.1) is 0 Å². The number of hydrogen-bond acceptors (Lipinski definition) is 2. The van der Waals surface area contributed by atoms with Gasteiger partial charge in [0.15, 0.2) is 0 Å². The average Bonchev–Trinajstić information content (AvgIpc) is 2.80. The fraction of sp³-hybridized carbons (Fsp3) is 0.556. The van der Waals surface area contributed by atoms with E-state index in [9.17, 15) is 9.50 Å². The molecule has 0 radical (unpaired) electrons. The SMILES string of the molecule is CCCCC(CC)CC(O)c1oc2ccc(F)cc2c1C. The first-order valence-electron chi connectivity index (χ1n) is 7.93. The lowest BCUT2D eigenvalue weighted by Gasteiger charge is -2.18. The second-order valence-corrected chi connectivity index (χ2v) is 5.90. The van der Waals surface area contributed by atoms with Crippen LogP contribution >= 0.6 is 0 Å². The minimum absolute atomic E-state index is 0.276. The van der Waals surface area contributed by atoms with Crippen LogP contribution in [0.2, 0.25) is 0 Å². The third-order valence-electron chi connectivity index (χ3n) is 4.34. The van der Waals surface area contributed by atoms with Crippen molar-refractivity contribution in [3.8, 4) is 0 Å². The van der Waals surface area contributed by atoms with Crippen molar-refractivity contribution in [3.05, 3.63) is 35.3 Å². The summed E-state index contributed by atoms with van der Waals surface area (Å²) in [7, 11) is 0. The van der Waals surface area contributed by atoms with Crippen LogP contribution in [0.15, 0.2) is 22.6 Å². The van der Waals surface area contributed by atoms with Gasteiger partial charge in [0.05, 0.1) is 0 Å². The maximum atomic E-state index is 13.3. The van der Waals surface area contributed by atoms with Gasteiger partial charge in [-0.3, -0.25) is 0 Å². The van der Waals surface area contributed by atoms with E-state index in [-0.39, 0.29) is 5.82 Å². The van der Waals surface area contributed by atoms with Crippen molar-refractivity contribution in [3.63, 3.8) is 0 Å². The molecule has 2 atom stereocenters. The highest BCUT2D eigenvalue weighted by Crippen LogP contribution is 2.34. The van der Waals surface area contributed by atoms with E-state index in [1.165, 1.54) is 25.0 Å². The van der Waals surface area contributed by atoms with E-state index in [0.717, 1.165) is 23.8 Å². The predicted octanol–water partition coefficient (Wildman–Crippen LogP) is 5.52. The molecule has 2 nitrogen and oxygen atoms in total. The minimum atomic E-state index is -0.609. The lowest BCUT2D eigenvalue weighted by Crippen LogP contribution is -2.07. The second-order valence-electron chi connectivity index (χ2n) is 5.90. The topological polar surface area (TPSA) is 33.4 Å². The number of hydrogen-bond donors (Lipinski definition) is 1. The molecular weight excluding hydrogens is 267 g/mol. The number of benzene rings is 1. The average molecular weight is 292 g/mol. The lowest BCUT2D eigenvalue weighted by molar-refractivity contribution is 0.117. The molecule has 0 saturated heterocycles. The van der Waals surface area contributed by atoms with Gasteiger partial charge in [-0.05, 0) is 37.5 Å². The third-order valence-corrected chi connectivity index (χ3v) is 4.34. The first-order chi connectivity index (χ1) is 10.1. The number of aryl methyl sites for hydroxylation is 1. The predicted molar refractivity (Wildman–Crippen MR) is 83.8 cm³/mol. The first-order valence-corrected chi connectivity index (χ1v) is 7.93. The first kappa shape index (κ1) is 16.0. The summed E-state index contributed by atoms with van der Waals surface area (Å²) in [5, 5.41) is 11.2. The van der Waals surface area contributed by atoms with Crippen molar-refractivity contribution in [2.75, 3.05) is 0 Å². The molecule has 0 spiro atoms. The molecule has 116 valence electrons. The molecule has 2 unspecified atom stereocenters. The molecule has 0 fully saturated rings. The van der Waals surface area contributed by atoms with E-state index < -0.39 is 6.10 Å². The molecule has 0 saturated carbocycles. The van der Waals surface area contributed by atoms with Gasteiger partial charge in [0.1, 0.15) is 23.3 Å². The van der Waals surface area contributed by atoms with Crippen molar-refractivity contribution in [2.45, 2.75) is 59.0 Å². The molecule has 2 rings (SSSR count). The highest BCUT2D eigenvalue weighted by atomic mass is 19.1. The van der Waals surface area contributed by atoms with Crippen LogP contribution in [0.4, 0.5) is 4.39 Å². The number of fused-ring (bicyclic) bond motifs is 1. The fourth-order valence-electron chi connectivity index (χ4n) is 2.93. The number of rotatable bonds is 7. The van der Waals surface area contributed by atoms with Gasteiger partial charge in [-0.2, -0.15) is 0 Å². The Morgan fingerprint density at radius 1 is 1.29 bits per heavy atom. The van der Waals surface area contributed by atoms with E-state index in [1.807, 2.05) is 6.92 Å². The van der Waals surface area contributed by atoms with Gasteiger partial charge in [0, 0.05) is 10.9 Å². The molecular formula is C18H25FO2. The number of aliphatic hydroxyl groups is 1. The molecule has 3 heteroatoms. The van der Waals surface area contributed by atoms with Crippen molar-refractivity contribution in [1.82, 2.24) is 0 Å². The Labute approximate surface area is 126 Å². The molecule has 1 heterocycles. The smallest absolute Gasteiger partial charge is 0.136 e. The Bertz CT molecular complexity index is 588. The molecule has 2 aromatic rings. The van der Waals surface area contributed by atoms with Crippen LogP contribution in [0, 0.1) is 18.7 Å². The van der Waals surface area contributed by atoms with E-state index in [1.54, 1.807) is 6.07 Å². The van der Waals surface area contributed by atoms with E-state index in [4.69, 9.17) is 4.42 Å². The van der Waals surface area contributed by atoms with Crippen LogP contribution < -0.4 is 0 Å². The molecule has 1 aromatic carbocycles. The Morgan fingerprint density at radius 2 is 2.05 bits per heavy atom. The fourth-order valence-corrected chi connectivity index (χ4v) is 2.93. The van der Waals surface area contributed by atoms with Crippen LogP contribution in [0.3, 0.4) is 0 Å². The Kier molecular flexibility index (Phi) is 5.40. The van der Waals surface area contributed by atoms with Gasteiger partial charge in [-0.25, -0.2) is 4.39 Å². The molecule has 21 heavy (non-hydrogen) atoms. The zero-order valence-corrected chi connectivity index (χ0v) is 13.2. The molecule has 1 N–H and O–H groups in total. The highest BCUT2D eigenvalue weighted by molar-refractivity contribution is 5.82. The maximum absolute atomic E-state index is 13.3. The molecule has 0 bridgehead atoms. The van der Waals surface area contributed by atoms with Crippen LogP contribution in [0.1, 0.15) is 63.4 Å². The molecule has 0 aliphatic heterocycles. The van der Waals surface area contributed by atoms with Crippen LogP contribution in [0.25, 0.3) is 11.0 Å². The Morgan fingerprint density at radius 3 is 2.71 bits per heavy atom. The standard InChI is InChI=1S/C18H25FO2/c1-4-6-7-13(5-2)10-16(20)18-12(3)15-11-14(19)8-9-17(15)21-18/h8-9,11,13,16,20H,4-7,10H2,1-3H3. The van der Waals surface area contributed by atoms with Gasteiger partial charge < -0.3 is 9.52 Å². The van der Waals surface area contributed by atoms with Crippen LogP contribution in [0.5, 0.6) is 0 Å². The molecule has 0 aliphatic rings. The quantitative estimate of drug-likeness (QED) is 0.729. The van der Waals surface area contributed by atoms with Crippen molar-refractivity contribution >= 4 is 11.0 Å². The zero-order valence-electron chi connectivity index (χ0n) is 13.2. The summed E-state index contributed by atoms with van der Waals surface area (Å²) in [6.07, 6.45) is 4.66. The Hall–Kier alpha value is -1.35. The second kappa shape index (κ2) is 7.08. The third kappa shape index (κ3) is 3.65. The number of furan rings is 1. The van der Waals surface area contributed by atoms with Crippen molar-refractivity contribution in [1.29, 1.82) is 0 Å². The molecule has 0 amide bonds. The summed E-state index contributed by atoms with van der Waals surface area (Å²) >= 11 is 0. The monoisotopic (exact) mass is 292 g/mol. The van der Waals surface area contributed by atoms with Crippen LogP contribution in [-0.2, 0) is 0 Å². The molecule has 0 aliphatic carbocycles. The van der Waals surface area contributed by atoms with Crippen LogP contribution in [-0.4, -0.2) is 5.11 Å². The number of aliphatic hydroxyl groups excluding tert-OH is 1. The summed E-state index contributed by atoms with van der Waals surface area (Å²) in [6, 6.07) is 4.48. The van der Waals surface area contributed by atoms with E-state index >= 15 is 0 Å². The maximum Gasteiger partial charge on any atom is 0.136 e. The van der Waals surface area contributed by atoms with Crippen molar-refractivity contribution < 1.29 is 13.9 Å². The normalized spacial score (nSPS) is 14.5. The summed E-state index contributed by atoms with van der Waals surface area (Å²) in [6.45, 7) is 6.23. The van der Waals surface area contributed by atoms with Crippen molar-refractivity contribution in [2.24, 2.45) is 5.92 Å². The summed E-state index contributed by atoms with van der Waals surface area (Å²) in [5.41, 5.74) is 1.49. The summed E-state index contributed by atoms with van der Waals surface area (Å²) < 4.78 is 19.1. The van der Waals surface area contributed by atoms with Gasteiger partial charge in [0.2, 0.25) is 0 Å². The largest absolute Gasteiger partial charge is 0.458 e. The number of unbranched alkanes of at least 4 members (excludes halogenated alkanes) is 1. The lowest BCUT2D eigenvalue weighted by atomic mass is 9.91. The van der Waals surface area contributed by atoms with Gasteiger partial charge in [-0.1, -0.05) is 39.5 Å². The zero-order chi connectivity index (χ0) is 15.4. The van der Waals surface area contributed by atoms with Gasteiger partial charge in [0.25, 0.3) is 0 Å². The highest BCUT2D eigenvalue weighted by Gasteiger charge is 2.21. The van der Waals surface area contributed by atoms with E-state index in [2.05, 4.69) is 13.8 Å². The molecule has 1 aromatic heterocycles. The summed E-state index contributed by atoms with van der Waals surface area (Å²) in [5.74, 6) is 0.816.